The van der Waals surface area contributed by atoms with E-state index in [2.05, 4.69) is 51.2 Å². The lowest BCUT2D eigenvalue weighted by atomic mass is 9.80. The molecule has 21 heavy (non-hydrogen) atoms. The molecule has 1 heterocycles. The molecule has 1 aromatic rings. The molecule has 0 radical (unpaired) electrons. The summed E-state index contributed by atoms with van der Waals surface area (Å²) in [7, 11) is 0. The van der Waals surface area contributed by atoms with Crippen LogP contribution in [0.25, 0.3) is 0 Å². The second-order valence-corrected chi connectivity index (χ2v) is 5.89. The van der Waals surface area contributed by atoms with Gasteiger partial charge in [-0.15, -0.1) is 0 Å². The van der Waals surface area contributed by atoms with Crippen LogP contribution in [0, 0.1) is 13.8 Å². The van der Waals surface area contributed by atoms with Crippen molar-refractivity contribution in [3.05, 3.63) is 34.9 Å². The van der Waals surface area contributed by atoms with E-state index in [1.54, 1.807) is 0 Å². The molecule has 3 nitrogen and oxygen atoms in total. The second kappa shape index (κ2) is 7.39. The van der Waals surface area contributed by atoms with Gasteiger partial charge in [-0.1, -0.05) is 25.1 Å². The maximum absolute atomic E-state index is 6.29. The highest BCUT2D eigenvalue weighted by Gasteiger charge is 2.42. The molecular formula is C18H29NO2. The molecule has 1 aliphatic rings. The summed E-state index contributed by atoms with van der Waals surface area (Å²) in [6.45, 7) is 11.9. The maximum Gasteiger partial charge on any atom is 0.0919 e. The summed E-state index contributed by atoms with van der Waals surface area (Å²) in [5, 5.41) is 3.68. The third kappa shape index (κ3) is 3.47. The predicted octanol–water partition coefficient (Wildman–Crippen LogP) is 3.54. The van der Waals surface area contributed by atoms with Crippen LogP contribution in [0.4, 0.5) is 0 Å². The van der Waals surface area contributed by atoms with Gasteiger partial charge in [0.25, 0.3) is 0 Å². The van der Waals surface area contributed by atoms with Crippen LogP contribution in [0.2, 0.25) is 0 Å². The van der Waals surface area contributed by atoms with Crippen molar-refractivity contribution in [1.82, 2.24) is 5.32 Å². The van der Waals surface area contributed by atoms with Crippen molar-refractivity contribution in [2.45, 2.75) is 52.2 Å². The molecule has 1 unspecified atom stereocenters. The first-order valence-corrected chi connectivity index (χ1v) is 8.16. The monoisotopic (exact) mass is 291 g/mol. The van der Waals surface area contributed by atoms with Gasteiger partial charge in [0.05, 0.1) is 11.6 Å². The first kappa shape index (κ1) is 16.5. The Kier molecular flexibility index (Phi) is 5.80. The number of ether oxygens (including phenoxy) is 2. The first-order chi connectivity index (χ1) is 10.1. The molecule has 2 rings (SSSR count). The van der Waals surface area contributed by atoms with Crippen molar-refractivity contribution in [3.8, 4) is 0 Å². The van der Waals surface area contributed by atoms with Crippen molar-refractivity contribution < 1.29 is 9.47 Å². The lowest BCUT2D eigenvalue weighted by Gasteiger charge is -2.44. The summed E-state index contributed by atoms with van der Waals surface area (Å²) in [5.41, 5.74) is 3.93. The number of benzene rings is 1. The van der Waals surface area contributed by atoms with Crippen LogP contribution >= 0.6 is 0 Å². The van der Waals surface area contributed by atoms with Crippen LogP contribution in [0.5, 0.6) is 0 Å². The fourth-order valence-corrected chi connectivity index (χ4v) is 3.39. The molecule has 1 atom stereocenters. The van der Waals surface area contributed by atoms with Gasteiger partial charge in [0.2, 0.25) is 0 Å². The molecule has 1 saturated heterocycles. The average molecular weight is 291 g/mol. The Bertz CT molecular complexity index is 447. The largest absolute Gasteiger partial charge is 0.381 e. The number of hydrogen-bond donors (Lipinski definition) is 1. The van der Waals surface area contributed by atoms with Crippen molar-refractivity contribution in [2.75, 3.05) is 26.4 Å². The van der Waals surface area contributed by atoms with E-state index in [1.807, 2.05) is 0 Å². The molecule has 118 valence electrons. The van der Waals surface area contributed by atoms with E-state index in [-0.39, 0.29) is 11.6 Å². The third-order valence-corrected chi connectivity index (χ3v) is 4.66. The first-order valence-electron chi connectivity index (χ1n) is 8.16. The zero-order valence-corrected chi connectivity index (χ0v) is 13.9. The number of rotatable bonds is 6. The zero-order valence-electron chi connectivity index (χ0n) is 13.9. The topological polar surface area (TPSA) is 30.5 Å². The summed E-state index contributed by atoms with van der Waals surface area (Å²) >= 11 is 0. The summed E-state index contributed by atoms with van der Waals surface area (Å²) in [6.07, 6.45) is 1.90. The van der Waals surface area contributed by atoms with Crippen LogP contribution in [-0.4, -0.2) is 32.0 Å². The number of hydrogen-bond acceptors (Lipinski definition) is 3. The molecule has 0 aliphatic carbocycles. The highest BCUT2D eigenvalue weighted by Crippen LogP contribution is 2.39. The molecule has 1 fully saturated rings. The highest BCUT2D eigenvalue weighted by atomic mass is 16.5. The zero-order chi connectivity index (χ0) is 15.3. The lowest BCUT2D eigenvalue weighted by molar-refractivity contribution is -0.127. The Morgan fingerprint density at radius 1 is 1.24 bits per heavy atom. The number of likely N-dealkylation sites (N-methyl/N-ethyl adjacent to an activating group) is 1. The van der Waals surface area contributed by atoms with Crippen molar-refractivity contribution >= 4 is 0 Å². The van der Waals surface area contributed by atoms with E-state index in [0.29, 0.717) is 0 Å². The van der Waals surface area contributed by atoms with Gasteiger partial charge in [0.15, 0.2) is 0 Å². The van der Waals surface area contributed by atoms with E-state index >= 15 is 0 Å². The van der Waals surface area contributed by atoms with E-state index in [4.69, 9.17) is 9.47 Å². The molecule has 0 spiro atoms. The normalized spacial score (nSPS) is 19.4. The molecule has 0 saturated carbocycles. The average Bonchev–Trinajstić information content (AvgIpc) is 2.49. The number of aryl methyl sites for hydroxylation is 1. The third-order valence-electron chi connectivity index (χ3n) is 4.66. The van der Waals surface area contributed by atoms with Gasteiger partial charge < -0.3 is 14.8 Å². The van der Waals surface area contributed by atoms with Crippen LogP contribution < -0.4 is 5.32 Å². The summed E-state index contributed by atoms with van der Waals surface area (Å²) in [5.74, 6) is 0. The second-order valence-electron chi connectivity index (χ2n) is 5.89. The molecule has 1 N–H and O–H groups in total. The van der Waals surface area contributed by atoms with Crippen LogP contribution in [0.15, 0.2) is 18.2 Å². The summed E-state index contributed by atoms with van der Waals surface area (Å²) in [6, 6.07) is 6.80. The van der Waals surface area contributed by atoms with Crippen molar-refractivity contribution in [3.63, 3.8) is 0 Å². The Morgan fingerprint density at radius 3 is 2.57 bits per heavy atom. The Balaban J connectivity index is 2.41. The fourth-order valence-electron chi connectivity index (χ4n) is 3.39. The van der Waals surface area contributed by atoms with E-state index in [1.165, 1.54) is 16.7 Å². The highest BCUT2D eigenvalue weighted by molar-refractivity contribution is 5.37. The van der Waals surface area contributed by atoms with Crippen molar-refractivity contribution in [2.24, 2.45) is 0 Å². The molecule has 1 aromatic carbocycles. The minimum absolute atomic E-state index is 0.151. The van der Waals surface area contributed by atoms with Crippen LogP contribution in [0.1, 0.15) is 49.4 Å². The van der Waals surface area contributed by atoms with Crippen molar-refractivity contribution in [1.29, 1.82) is 0 Å². The van der Waals surface area contributed by atoms with Crippen LogP contribution in [0.3, 0.4) is 0 Å². The summed E-state index contributed by atoms with van der Waals surface area (Å²) < 4.78 is 11.9. The summed E-state index contributed by atoms with van der Waals surface area (Å²) in [4.78, 5) is 0. The molecule has 1 aliphatic heterocycles. The number of nitrogens with one attached hydrogen (secondary N) is 1. The molecule has 0 bridgehead atoms. The SMILES string of the molecule is CCNC(c1cccc(C)c1C)C1(OCC)CCOCC1. The lowest BCUT2D eigenvalue weighted by Crippen LogP contribution is -2.50. The van der Waals surface area contributed by atoms with Gasteiger partial charge >= 0.3 is 0 Å². The van der Waals surface area contributed by atoms with E-state index in [9.17, 15) is 0 Å². The molecule has 3 heteroatoms. The Hall–Kier alpha value is -0.900. The van der Waals surface area contributed by atoms with Crippen LogP contribution in [-0.2, 0) is 9.47 Å². The maximum atomic E-state index is 6.29. The Morgan fingerprint density at radius 2 is 1.95 bits per heavy atom. The van der Waals surface area contributed by atoms with Gasteiger partial charge in [0, 0.05) is 32.7 Å². The van der Waals surface area contributed by atoms with Gasteiger partial charge in [-0.25, -0.2) is 0 Å². The van der Waals surface area contributed by atoms with Gasteiger partial charge in [-0.3, -0.25) is 0 Å². The van der Waals surface area contributed by atoms with E-state index < -0.39 is 0 Å². The minimum Gasteiger partial charge on any atom is -0.381 e. The standard InChI is InChI=1S/C18H29NO2/c1-5-19-17(16-9-7-8-14(3)15(16)4)18(21-6-2)10-12-20-13-11-18/h7-9,17,19H,5-6,10-13H2,1-4H3. The van der Waals surface area contributed by atoms with Gasteiger partial charge in [-0.05, 0) is 44.0 Å². The fraction of sp³-hybridized carbons (Fsp3) is 0.667. The van der Waals surface area contributed by atoms with Gasteiger partial charge in [0.1, 0.15) is 0 Å². The molecule has 0 aromatic heterocycles. The predicted molar refractivity (Wildman–Crippen MR) is 86.7 cm³/mol. The van der Waals surface area contributed by atoms with Gasteiger partial charge in [-0.2, -0.15) is 0 Å². The molecular weight excluding hydrogens is 262 g/mol. The minimum atomic E-state index is -0.151. The quantitative estimate of drug-likeness (QED) is 0.869. The van der Waals surface area contributed by atoms with E-state index in [0.717, 1.165) is 39.2 Å². The Labute approximate surface area is 129 Å². The molecule has 0 amide bonds. The smallest absolute Gasteiger partial charge is 0.0919 e.